The Morgan fingerprint density at radius 1 is 1.29 bits per heavy atom. The lowest BCUT2D eigenvalue weighted by Gasteiger charge is -2.19. The quantitative estimate of drug-likeness (QED) is 0.759. The van der Waals surface area contributed by atoms with E-state index in [1.54, 1.807) is 7.11 Å². The normalized spacial score (nSPS) is 12.6. The lowest BCUT2D eigenvalue weighted by atomic mass is 9.92. The highest BCUT2D eigenvalue weighted by Gasteiger charge is 2.17. The molecule has 1 atom stereocenters. The molecule has 0 spiro atoms. The molecule has 0 N–H and O–H groups in total. The van der Waals surface area contributed by atoms with Crippen LogP contribution in [0.3, 0.4) is 0 Å². The highest BCUT2D eigenvalue weighted by atomic mass is 79.9. The molecule has 0 saturated carbocycles. The summed E-state index contributed by atoms with van der Waals surface area (Å²) in [5, 5.41) is 0. The largest absolute Gasteiger partial charge is 0.496 e. The maximum absolute atomic E-state index is 10.6. The van der Waals surface area contributed by atoms with Crippen LogP contribution in [0.25, 0.3) is 0 Å². The molecule has 0 aliphatic rings. The standard InChI is InChI=1S/C14H19BrO2/c1-9(2)12-7-11(15)8-13(14(12)17-4)10(3)5-6-16/h6-10H,5H2,1-4H3. The average molecular weight is 299 g/mol. The van der Waals surface area contributed by atoms with Crippen molar-refractivity contribution in [3.8, 4) is 5.75 Å². The molecular formula is C14H19BrO2. The summed E-state index contributed by atoms with van der Waals surface area (Å²) in [5.41, 5.74) is 2.27. The van der Waals surface area contributed by atoms with Crippen LogP contribution < -0.4 is 4.74 Å². The van der Waals surface area contributed by atoms with Crippen molar-refractivity contribution < 1.29 is 9.53 Å². The van der Waals surface area contributed by atoms with Crippen molar-refractivity contribution in [2.75, 3.05) is 7.11 Å². The summed E-state index contributed by atoms with van der Waals surface area (Å²) >= 11 is 3.52. The summed E-state index contributed by atoms with van der Waals surface area (Å²) in [5.74, 6) is 1.49. The second-order valence-corrected chi connectivity index (χ2v) is 5.49. The van der Waals surface area contributed by atoms with Gasteiger partial charge in [0.15, 0.2) is 0 Å². The van der Waals surface area contributed by atoms with Crippen LogP contribution in [0.5, 0.6) is 5.75 Å². The first-order valence-corrected chi connectivity index (χ1v) is 6.61. The zero-order chi connectivity index (χ0) is 13.0. The van der Waals surface area contributed by atoms with Crippen molar-refractivity contribution >= 4 is 22.2 Å². The fourth-order valence-corrected chi connectivity index (χ4v) is 2.43. The van der Waals surface area contributed by atoms with Gasteiger partial charge >= 0.3 is 0 Å². The number of methoxy groups -OCH3 is 1. The van der Waals surface area contributed by atoms with E-state index in [9.17, 15) is 4.79 Å². The molecule has 1 unspecified atom stereocenters. The molecule has 0 bridgehead atoms. The van der Waals surface area contributed by atoms with Gasteiger partial charge in [-0.25, -0.2) is 0 Å². The van der Waals surface area contributed by atoms with Crippen molar-refractivity contribution in [2.45, 2.75) is 39.0 Å². The molecule has 0 aromatic heterocycles. The maximum Gasteiger partial charge on any atom is 0.125 e. The third kappa shape index (κ3) is 3.32. The van der Waals surface area contributed by atoms with Crippen LogP contribution in [-0.4, -0.2) is 13.4 Å². The molecule has 0 heterocycles. The van der Waals surface area contributed by atoms with Gasteiger partial charge in [-0.3, -0.25) is 0 Å². The summed E-state index contributed by atoms with van der Waals surface area (Å²) in [6.07, 6.45) is 1.48. The molecule has 0 amide bonds. The van der Waals surface area contributed by atoms with Gasteiger partial charge in [-0.05, 0) is 35.1 Å². The van der Waals surface area contributed by atoms with E-state index in [1.807, 2.05) is 13.0 Å². The maximum atomic E-state index is 10.6. The van der Waals surface area contributed by atoms with E-state index in [0.717, 1.165) is 22.1 Å². The minimum absolute atomic E-state index is 0.178. The summed E-state index contributed by atoms with van der Waals surface area (Å²) < 4.78 is 6.56. The number of hydrogen-bond acceptors (Lipinski definition) is 2. The lowest BCUT2D eigenvalue weighted by molar-refractivity contribution is -0.108. The van der Waals surface area contributed by atoms with E-state index < -0.39 is 0 Å². The van der Waals surface area contributed by atoms with Crippen LogP contribution in [0.4, 0.5) is 0 Å². The molecule has 3 heteroatoms. The number of hydrogen-bond donors (Lipinski definition) is 0. The second-order valence-electron chi connectivity index (χ2n) is 4.58. The van der Waals surface area contributed by atoms with Crippen molar-refractivity contribution in [1.29, 1.82) is 0 Å². The SMILES string of the molecule is COc1c(C(C)C)cc(Br)cc1C(C)CC=O. The van der Waals surface area contributed by atoms with Gasteiger partial charge in [0.25, 0.3) is 0 Å². The van der Waals surface area contributed by atoms with Crippen LogP contribution in [0, 0.1) is 0 Å². The molecule has 2 nitrogen and oxygen atoms in total. The fourth-order valence-electron chi connectivity index (χ4n) is 1.94. The van der Waals surface area contributed by atoms with Gasteiger partial charge in [-0.15, -0.1) is 0 Å². The Bertz CT molecular complexity index is 399. The highest BCUT2D eigenvalue weighted by molar-refractivity contribution is 9.10. The number of carbonyl (C=O) groups is 1. The Labute approximate surface area is 111 Å². The van der Waals surface area contributed by atoms with Crippen LogP contribution in [0.1, 0.15) is 50.2 Å². The van der Waals surface area contributed by atoms with Gasteiger partial charge in [0, 0.05) is 10.9 Å². The molecule has 1 aromatic rings. The lowest BCUT2D eigenvalue weighted by Crippen LogP contribution is -2.03. The van der Waals surface area contributed by atoms with E-state index >= 15 is 0 Å². The van der Waals surface area contributed by atoms with E-state index in [1.165, 1.54) is 5.56 Å². The van der Waals surface area contributed by atoms with Gasteiger partial charge in [-0.2, -0.15) is 0 Å². The summed E-state index contributed by atoms with van der Waals surface area (Å²) in [7, 11) is 1.69. The molecule has 0 radical (unpaired) electrons. The second kappa shape index (κ2) is 6.20. The number of ether oxygens (including phenoxy) is 1. The van der Waals surface area contributed by atoms with Crippen molar-refractivity contribution in [1.82, 2.24) is 0 Å². The van der Waals surface area contributed by atoms with Crippen molar-refractivity contribution in [2.24, 2.45) is 0 Å². The van der Waals surface area contributed by atoms with E-state index in [-0.39, 0.29) is 5.92 Å². The molecular weight excluding hydrogens is 280 g/mol. The van der Waals surface area contributed by atoms with Crippen LogP contribution in [0.2, 0.25) is 0 Å². The molecule has 0 aliphatic carbocycles. The van der Waals surface area contributed by atoms with Gasteiger partial charge in [0.05, 0.1) is 7.11 Å². The minimum Gasteiger partial charge on any atom is -0.496 e. The van der Waals surface area contributed by atoms with Gasteiger partial charge in [0.1, 0.15) is 12.0 Å². The Morgan fingerprint density at radius 3 is 2.35 bits per heavy atom. The topological polar surface area (TPSA) is 26.3 Å². The van der Waals surface area contributed by atoms with Crippen LogP contribution in [0.15, 0.2) is 16.6 Å². The van der Waals surface area contributed by atoms with Gasteiger partial charge in [-0.1, -0.05) is 36.7 Å². The Balaban J connectivity index is 3.32. The molecule has 1 rings (SSSR count). The number of halogens is 1. The predicted octanol–water partition coefficient (Wildman–Crippen LogP) is 4.27. The molecule has 17 heavy (non-hydrogen) atoms. The first kappa shape index (κ1) is 14.2. The van der Waals surface area contributed by atoms with E-state index in [2.05, 4.69) is 35.8 Å². The van der Waals surface area contributed by atoms with Gasteiger partial charge in [0.2, 0.25) is 0 Å². The average Bonchev–Trinajstić information content (AvgIpc) is 2.28. The zero-order valence-corrected chi connectivity index (χ0v) is 12.4. The number of carbonyl (C=O) groups excluding carboxylic acids is 1. The molecule has 94 valence electrons. The summed E-state index contributed by atoms with van der Waals surface area (Å²) in [6, 6.07) is 4.12. The Morgan fingerprint density at radius 2 is 1.88 bits per heavy atom. The van der Waals surface area contributed by atoms with E-state index in [0.29, 0.717) is 12.3 Å². The van der Waals surface area contributed by atoms with Crippen molar-refractivity contribution in [3.63, 3.8) is 0 Å². The number of rotatable bonds is 5. The Hall–Kier alpha value is -0.830. The molecule has 0 saturated heterocycles. The molecule has 0 fully saturated rings. The Kier molecular flexibility index (Phi) is 5.19. The smallest absolute Gasteiger partial charge is 0.125 e. The highest BCUT2D eigenvalue weighted by Crippen LogP contribution is 2.37. The van der Waals surface area contributed by atoms with E-state index in [4.69, 9.17) is 4.74 Å². The molecule has 0 aliphatic heterocycles. The van der Waals surface area contributed by atoms with Crippen molar-refractivity contribution in [3.05, 3.63) is 27.7 Å². The predicted molar refractivity (Wildman–Crippen MR) is 73.9 cm³/mol. The molecule has 1 aromatic carbocycles. The summed E-state index contributed by atoms with van der Waals surface area (Å²) in [6.45, 7) is 6.32. The van der Waals surface area contributed by atoms with Gasteiger partial charge < -0.3 is 9.53 Å². The minimum atomic E-state index is 0.178. The first-order chi connectivity index (χ1) is 8.01. The number of benzene rings is 1. The fraction of sp³-hybridized carbons (Fsp3) is 0.500. The zero-order valence-electron chi connectivity index (χ0n) is 10.8. The first-order valence-electron chi connectivity index (χ1n) is 5.82. The summed E-state index contributed by atoms with van der Waals surface area (Å²) in [4.78, 5) is 10.6. The number of aldehydes is 1. The monoisotopic (exact) mass is 298 g/mol. The van der Waals surface area contributed by atoms with Crippen LogP contribution in [-0.2, 0) is 4.79 Å². The third-order valence-corrected chi connectivity index (χ3v) is 3.38. The van der Waals surface area contributed by atoms with Crippen LogP contribution >= 0.6 is 15.9 Å². The third-order valence-electron chi connectivity index (χ3n) is 2.92.